The number of hydrogen-bond acceptors (Lipinski definition) is 8. The third-order valence-electron chi connectivity index (χ3n) is 5.52. The van der Waals surface area contributed by atoms with E-state index in [9.17, 15) is 14.7 Å². The lowest BCUT2D eigenvalue weighted by atomic mass is 10.0. The summed E-state index contributed by atoms with van der Waals surface area (Å²) >= 11 is 7.35. The quantitative estimate of drug-likeness (QED) is 0.278. The molecule has 0 saturated carbocycles. The van der Waals surface area contributed by atoms with Crippen molar-refractivity contribution < 1.29 is 14.3 Å². The van der Waals surface area contributed by atoms with Gasteiger partial charge in [-0.05, 0) is 56.7 Å². The van der Waals surface area contributed by atoms with Crippen molar-refractivity contribution in [1.29, 1.82) is 0 Å². The Balaban J connectivity index is 1.63. The molecule has 0 spiro atoms. The van der Waals surface area contributed by atoms with Crippen LogP contribution in [0.1, 0.15) is 39.6 Å². The topological polar surface area (TPSA) is 118 Å². The van der Waals surface area contributed by atoms with Crippen molar-refractivity contribution in [3.63, 3.8) is 0 Å². The molecule has 0 bridgehead atoms. The van der Waals surface area contributed by atoms with E-state index < -0.39 is 12.0 Å². The van der Waals surface area contributed by atoms with E-state index in [2.05, 4.69) is 20.3 Å². The number of fused-ring (bicyclic) bond motifs is 2. The molecule has 4 heterocycles. The number of carbonyl (C=O) groups is 1. The molecule has 1 aromatic carbocycles. The summed E-state index contributed by atoms with van der Waals surface area (Å²) in [6, 6.07) is 11.4. The summed E-state index contributed by atoms with van der Waals surface area (Å²) in [5.41, 5.74) is 3.20. The van der Waals surface area contributed by atoms with Crippen LogP contribution in [0.5, 0.6) is 0 Å². The van der Waals surface area contributed by atoms with E-state index >= 15 is 0 Å². The Morgan fingerprint density at radius 2 is 1.91 bits per heavy atom. The average molecular weight is 507 g/mol. The zero-order chi connectivity index (χ0) is 24.9. The van der Waals surface area contributed by atoms with Crippen LogP contribution in [0.4, 0.5) is 5.69 Å². The molecule has 0 aliphatic carbocycles. The molecule has 0 fully saturated rings. The summed E-state index contributed by atoms with van der Waals surface area (Å²) in [4.78, 5) is 38.5. The lowest BCUT2D eigenvalue weighted by molar-refractivity contribution is 0.0691. The Labute approximate surface area is 208 Å². The summed E-state index contributed by atoms with van der Waals surface area (Å²) in [6.07, 6.45) is 0. The SMILES string of the molecule is Cc1cc(C(C)Nc2ccc(Cl)nc2C(=O)O)c2oc(-c3ccc4nc(C)sc4n3)cc(=O)c2c1. The Morgan fingerprint density at radius 3 is 2.69 bits per heavy atom. The maximum Gasteiger partial charge on any atom is 0.356 e. The number of pyridine rings is 2. The minimum Gasteiger partial charge on any atom is -0.476 e. The minimum absolute atomic E-state index is 0.0813. The number of rotatable bonds is 5. The summed E-state index contributed by atoms with van der Waals surface area (Å²) in [7, 11) is 0. The molecule has 0 aliphatic heterocycles. The number of nitrogens with one attached hydrogen (secondary N) is 1. The van der Waals surface area contributed by atoms with Crippen LogP contribution in [0.15, 0.2) is 51.7 Å². The molecule has 0 saturated heterocycles. The second kappa shape index (κ2) is 8.75. The van der Waals surface area contributed by atoms with Crippen molar-refractivity contribution >= 4 is 55.9 Å². The number of aromatic nitrogens is 3. The normalized spacial score (nSPS) is 12.2. The molecule has 4 aromatic heterocycles. The summed E-state index contributed by atoms with van der Waals surface area (Å²) in [6.45, 7) is 5.65. The smallest absolute Gasteiger partial charge is 0.356 e. The number of carboxylic acid groups (broad SMARTS) is 1. The first kappa shape index (κ1) is 22.9. The third kappa shape index (κ3) is 4.36. The van der Waals surface area contributed by atoms with Crippen molar-refractivity contribution in [2.45, 2.75) is 26.8 Å². The van der Waals surface area contributed by atoms with Gasteiger partial charge in [-0.2, -0.15) is 0 Å². The molecule has 10 heteroatoms. The first-order valence-electron chi connectivity index (χ1n) is 10.7. The van der Waals surface area contributed by atoms with Gasteiger partial charge in [-0.1, -0.05) is 29.0 Å². The van der Waals surface area contributed by atoms with Gasteiger partial charge in [0.1, 0.15) is 26.8 Å². The zero-order valence-electron chi connectivity index (χ0n) is 18.9. The van der Waals surface area contributed by atoms with Crippen LogP contribution in [0, 0.1) is 13.8 Å². The predicted molar refractivity (Wildman–Crippen MR) is 137 cm³/mol. The minimum atomic E-state index is -1.20. The van der Waals surface area contributed by atoms with E-state index in [1.54, 1.807) is 18.2 Å². The Bertz CT molecular complexity index is 1700. The van der Waals surface area contributed by atoms with Crippen LogP contribution in [-0.4, -0.2) is 26.0 Å². The number of carboxylic acids is 1. The van der Waals surface area contributed by atoms with Gasteiger partial charge in [0.05, 0.1) is 22.1 Å². The van der Waals surface area contributed by atoms with E-state index in [-0.39, 0.29) is 16.3 Å². The molecule has 0 amide bonds. The van der Waals surface area contributed by atoms with Crippen molar-refractivity contribution in [3.05, 3.63) is 79.7 Å². The number of benzene rings is 1. The van der Waals surface area contributed by atoms with Crippen molar-refractivity contribution in [1.82, 2.24) is 15.0 Å². The standard InChI is InChI=1S/C25H19ClN4O4S/c1-11-8-14(12(2)27-17-6-7-21(26)30-22(17)25(32)33)23-15(9-11)19(31)10-20(34-23)16-4-5-18-24(29-16)35-13(3)28-18/h4-10,12,27H,1-3H3,(H,32,33). The first-order valence-corrected chi connectivity index (χ1v) is 11.9. The van der Waals surface area contributed by atoms with Crippen LogP contribution in [0.3, 0.4) is 0 Å². The van der Waals surface area contributed by atoms with Crippen LogP contribution in [0.25, 0.3) is 32.8 Å². The molecular formula is C25H19ClN4O4S. The maximum absolute atomic E-state index is 13.1. The Morgan fingerprint density at radius 1 is 1.11 bits per heavy atom. The van der Waals surface area contributed by atoms with Crippen molar-refractivity contribution in [2.24, 2.45) is 0 Å². The summed E-state index contributed by atoms with van der Waals surface area (Å²) in [5.74, 6) is -0.864. The van der Waals surface area contributed by atoms with Crippen molar-refractivity contribution in [3.8, 4) is 11.5 Å². The molecule has 1 unspecified atom stereocenters. The van der Waals surface area contributed by atoms with E-state index in [1.807, 2.05) is 32.9 Å². The van der Waals surface area contributed by atoms with Gasteiger partial charge in [0.25, 0.3) is 0 Å². The average Bonchev–Trinajstić information content (AvgIpc) is 3.19. The van der Waals surface area contributed by atoms with E-state index in [0.717, 1.165) is 20.9 Å². The second-order valence-electron chi connectivity index (χ2n) is 8.16. The van der Waals surface area contributed by atoms with Gasteiger partial charge >= 0.3 is 5.97 Å². The highest BCUT2D eigenvalue weighted by Crippen LogP contribution is 2.32. The van der Waals surface area contributed by atoms with E-state index in [0.29, 0.717) is 33.7 Å². The highest BCUT2D eigenvalue weighted by molar-refractivity contribution is 7.18. The number of anilines is 1. The summed E-state index contributed by atoms with van der Waals surface area (Å²) in [5, 5.41) is 14.1. The van der Waals surface area contributed by atoms with Gasteiger partial charge in [-0.15, -0.1) is 0 Å². The van der Waals surface area contributed by atoms with Gasteiger partial charge in [-0.3, -0.25) is 4.79 Å². The molecular weight excluding hydrogens is 488 g/mol. The molecule has 5 rings (SSSR count). The number of aromatic carboxylic acids is 1. The molecule has 1 atom stereocenters. The van der Waals surface area contributed by atoms with Crippen LogP contribution in [0.2, 0.25) is 5.15 Å². The number of aryl methyl sites for hydroxylation is 2. The number of nitrogens with zero attached hydrogens (tertiary/aromatic N) is 3. The Kier molecular flexibility index (Phi) is 5.74. The fraction of sp³-hybridized carbons (Fsp3) is 0.160. The zero-order valence-corrected chi connectivity index (χ0v) is 20.5. The molecule has 176 valence electrons. The maximum atomic E-state index is 13.1. The third-order valence-corrected chi connectivity index (χ3v) is 6.61. The molecule has 5 aromatic rings. The second-order valence-corrected chi connectivity index (χ2v) is 9.73. The molecule has 35 heavy (non-hydrogen) atoms. The first-order chi connectivity index (χ1) is 16.7. The fourth-order valence-corrected chi connectivity index (χ4v) is 4.90. The van der Waals surface area contributed by atoms with Gasteiger partial charge in [-0.25, -0.2) is 19.7 Å². The number of halogens is 1. The van der Waals surface area contributed by atoms with Gasteiger partial charge < -0.3 is 14.8 Å². The van der Waals surface area contributed by atoms with Crippen LogP contribution < -0.4 is 10.7 Å². The summed E-state index contributed by atoms with van der Waals surface area (Å²) < 4.78 is 6.25. The highest BCUT2D eigenvalue weighted by atomic mass is 35.5. The van der Waals surface area contributed by atoms with Crippen LogP contribution in [-0.2, 0) is 0 Å². The lowest BCUT2D eigenvalue weighted by Gasteiger charge is -2.19. The van der Waals surface area contributed by atoms with Gasteiger partial charge in [0.2, 0.25) is 0 Å². The van der Waals surface area contributed by atoms with E-state index in [4.69, 9.17) is 16.0 Å². The molecule has 0 radical (unpaired) electrons. The molecule has 0 aliphatic rings. The van der Waals surface area contributed by atoms with Gasteiger partial charge in [0, 0.05) is 11.6 Å². The Hall–Kier alpha value is -3.82. The monoisotopic (exact) mass is 506 g/mol. The fourth-order valence-electron chi connectivity index (χ4n) is 3.97. The van der Waals surface area contributed by atoms with Crippen molar-refractivity contribution in [2.75, 3.05) is 5.32 Å². The van der Waals surface area contributed by atoms with E-state index in [1.165, 1.54) is 23.5 Å². The lowest BCUT2D eigenvalue weighted by Crippen LogP contribution is -2.13. The molecule has 8 nitrogen and oxygen atoms in total. The largest absolute Gasteiger partial charge is 0.476 e. The predicted octanol–water partition coefficient (Wildman–Crippen LogP) is 6.00. The van der Waals surface area contributed by atoms with Crippen LogP contribution >= 0.6 is 22.9 Å². The molecule has 2 N–H and O–H groups in total. The van der Waals surface area contributed by atoms with Gasteiger partial charge in [0.15, 0.2) is 16.9 Å². The number of hydrogen-bond donors (Lipinski definition) is 2. The highest BCUT2D eigenvalue weighted by Gasteiger charge is 2.20. The number of thiazole rings is 1.